The van der Waals surface area contributed by atoms with Crippen LogP contribution in [0.15, 0.2) is 60.7 Å². The lowest BCUT2D eigenvalue weighted by molar-refractivity contribution is -0.230. The van der Waals surface area contributed by atoms with E-state index in [2.05, 4.69) is 0 Å². The van der Waals surface area contributed by atoms with Gasteiger partial charge in [-0.3, -0.25) is 9.59 Å². The van der Waals surface area contributed by atoms with Crippen LogP contribution in [0, 0.1) is 0 Å². The molecule has 1 heterocycles. The maximum atomic E-state index is 12.9. The van der Waals surface area contributed by atoms with Crippen LogP contribution in [-0.4, -0.2) is 77.5 Å². The maximum absolute atomic E-state index is 12.9. The Labute approximate surface area is 206 Å². The molecule has 36 heavy (non-hydrogen) atoms. The van der Waals surface area contributed by atoms with Crippen molar-refractivity contribution in [2.75, 3.05) is 6.61 Å². The van der Waals surface area contributed by atoms with Crippen molar-refractivity contribution in [3.63, 3.8) is 0 Å². The molecule has 0 bridgehead atoms. The first-order valence-corrected chi connectivity index (χ1v) is 11.0. The van der Waals surface area contributed by atoms with Crippen molar-refractivity contribution < 1.29 is 53.1 Å². The Bertz CT molecular complexity index is 1060. The van der Waals surface area contributed by atoms with Gasteiger partial charge in [0.15, 0.2) is 12.2 Å². The van der Waals surface area contributed by atoms with Gasteiger partial charge in [0.1, 0.15) is 24.9 Å². The molecule has 0 aromatic heterocycles. The molecule has 1 fully saturated rings. The molecule has 0 saturated carbocycles. The van der Waals surface area contributed by atoms with Crippen molar-refractivity contribution in [1.82, 2.24) is 0 Å². The molecule has 6 atom stereocenters. The first-order valence-electron chi connectivity index (χ1n) is 11.0. The van der Waals surface area contributed by atoms with E-state index >= 15 is 0 Å². The smallest absolute Gasteiger partial charge is 0.338 e. The second-order valence-electron chi connectivity index (χ2n) is 7.91. The topological polar surface area (TPSA) is 155 Å². The maximum Gasteiger partial charge on any atom is 0.338 e. The van der Waals surface area contributed by atoms with E-state index in [1.54, 1.807) is 36.4 Å². The summed E-state index contributed by atoms with van der Waals surface area (Å²) in [5.41, 5.74) is 0.248. The van der Waals surface area contributed by atoms with E-state index < -0.39 is 67.3 Å². The van der Waals surface area contributed by atoms with Gasteiger partial charge in [-0.15, -0.1) is 0 Å². The van der Waals surface area contributed by atoms with Gasteiger partial charge in [-0.1, -0.05) is 36.4 Å². The molecule has 1 aliphatic heterocycles. The number of aliphatic hydroxyl groups excluding tert-OH is 2. The van der Waals surface area contributed by atoms with Crippen LogP contribution in [0.1, 0.15) is 34.6 Å². The van der Waals surface area contributed by atoms with Crippen molar-refractivity contribution in [3.05, 3.63) is 71.8 Å². The average molecular weight is 502 g/mol. The van der Waals surface area contributed by atoms with E-state index in [0.29, 0.717) is 0 Å². The molecule has 2 aromatic carbocycles. The van der Waals surface area contributed by atoms with Gasteiger partial charge in [0, 0.05) is 13.8 Å². The molecule has 0 radical (unpaired) electrons. The SMILES string of the molecule is CC(=O)OC[C@H]1OC(OC(C)=O)[C@H](O)[C@H](O)[C@@H](OC(=O)c2ccccc2)[C@@H]1OC(=O)c1ccccc1. The summed E-state index contributed by atoms with van der Waals surface area (Å²) in [6.45, 7) is 1.63. The summed E-state index contributed by atoms with van der Waals surface area (Å²) in [5.74, 6) is -3.33. The summed E-state index contributed by atoms with van der Waals surface area (Å²) in [7, 11) is 0. The molecule has 0 aliphatic carbocycles. The van der Waals surface area contributed by atoms with Gasteiger partial charge in [-0.2, -0.15) is 0 Å². The van der Waals surface area contributed by atoms with Crippen LogP contribution < -0.4 is 0 Å². The molecule has 1 unspecified atom stereocenters. The summed E-state index contributed by atoms with van der Waals surface area (Å²) >= 11 is 0. The van der Waals surface area contributed by atoms with Gasteiger partial charge < -0.3 is 33.9 Å². The lowest BCUT2D eigenvalue weighted by atomic mass is 10.00. The quantitative estimate of drug-likeness (QED) is 0.412. The zero-order valence-electron chi connectivity index (χ0n) is 19.5. The highest BCUT2D eigenvalue weighted by Crippen LogP contribution is 2.28. The average Bonchev–Trinajstić information content (AvgIpc) is 2.95. The molecule has 3 rings (SSSR count). The van der Waals surface area contributed by atoms with E-state index in [9.17, 15) is 29.4 Å². The van der Waals surface area contributed by atoms with Crippen molar-refractivity contribution in [3.8, 4) is 0 Å². The second-order valence-corrected chi connectivity index (χ2v) is 7.91. The summed E-state index contributed by atoms with van der Waals surface area (Å²) in [5, 5.41) is 21.6. The molecule has 1 aliphatic rings. The van der Waals surface area contributed by atoms with Crippen molar-refractivity contribution in [1.29, 1.82) is 0 Å². The summed E-state index contributed by atoms with van der Waals surface area (Å²) < 4.78 is 26.7. The third-order valence-corrected chi connectivity index (χ3v) is 5.20. The summed E-state index contributed by atoms with van der Waals surface area (Å²) in [6.07, 6.45) is -10.3. The number of aliphatic hydroxyl groups is 2. The van der Waals surface area contributed by atoms with Crippen LogP contribution in [0.5, 0.6) is 0 Å². The molecule has 192 valence electrons. The number of hydrogen-bond acceptors (Lipinski definition) is 11. The molecular weight excluding hydrogens is 476 g/mol. The Hall–Kier alpha value is -3.80. The van der Waals surface area contributed by atoms with Gasteiger partial charge in [-0.05, 0) is 24.3 Å². The molecule has 11 heteroatoms. The fourth-order valence-corrected chi connectivity index (χ4v) is 3.50. The fourth-order valence-electron chi connectivity index (χ4n) is 3.50. The minimum absolute atomic E-state index is 0.116. The molecule has 0 amide bonds. The monoisotopic (exact) mass is 502 g/mol. The molecule has 1 saturated heterocycles. The van der Waals surface area contributed by atoms with Gasteiger partial charge >= 0.3 is 23.9 Å². The van der Waals surface area contributed by atoms with Crippen LogP contribution in [0.4, 0.5) is 0 Å². The third-order valence-electron chi connectivity index (χ3n) is 5.20. The van der Waals surface area contributed by atoms with E-state index in [1.165, 1.54) is 24.3 Å². The van der Waals surface area contributed by atoms with E-state index in [-0.39, 0.29) is 11.1 Å². The van der Waals surface area contributed by atoms with Crippen molar-refractivity contribution in [2.45, 2.75) is 50.7 Å². The first kappa shape index (κ1) is 26.8. The zero-order chi connectivity index (χ0) is 26.2. The standard InChI is InChI=1S/C25H26O11/c1-14(26)32-13-18-21(35-23(30)16-9-5-3-6-10-16)22(36-24(31)17-11-7-4-8-12-17)19(28)20(29)25(34-18)33-15(2)27/h3-12,18-22,25,28-29H,13H2,1-2H3/t18-,19+,20-,21-,22-,25?/m1/s1. The summed E-state index contributed by atoms with van der Waals surface area (Å²) in [6, 6.07) is 15.6. The van der Waals surface area contributed by atoms with Gasteiger partial charge in [0.2, 0.25) is 6.29 Å². The Morgan fingerprint density at radius 2 is 1.22 bits per heavy atom. The minimum Gasteiger partial charge on any atom is -0.463 e. The van der Waals surface area contributed by atoms with Gasteiger partial charge in [0.05, 0.1) is 11.1 Å². The van der Waals surface area contributed by atoms with Crippen molar-refractivity contribution in [2.24, 2.45) is 0 Å². The van der Waals surface area contributed by atoms with E-state index in [1.807, 2.05) is 0 Å². The normalized spacial score (nSPS) is 25.7. The highest BCUT2D eigenvalue weighted by molar-refractivity contribution is 5.90. The Morgan fingerprint density at radius 1 is 0.722 bits per heavy atom. The summed E-state index contributed by atoms with van der Waals surface area (Å²) in [4.78, 5) is 48.8. The van der Waals surface area contributed by atoms with Gasteiger partial charge in [0.25, 0.3) is 0 Å². The molecule has 2 N–H and O–H groups in total. The lowest BCUT2D eigenvalue weighted by Gasteiger charge is -2.31. The Morgan fingerprint density at radius 3 is 1.69 bits per heavy atom. The number of esters is 4. The van der Waals surface area contributed by atoms with Gasteiger partial charge in [-0.25, -0.2) is 9.59 Å². The predicted octanol–water partition coefficient (Wildman–Crippen LogP) is 1.01. The van der Waals surface area contributed by atoms with Crippen LogP contribution >= 0.6 is 0 Å². The number of carbonyl (C=O) groups is 4. The van der Waals surface area contributed by atoms with Crippen LogP contribution in [0.25, 0.3) is 0 Å². The minimum atomic E-state index is -1.93. The molecule has 2 aromatic rings. The van der Waals surface area contributed by atoms with Crippen LogP contribution in [0.2, 0.25) is 0 Å². The Balaban J connectivity index is 2.01. The second kappa shape index (κ2) is 12.2. The first-order chi connectivity index (χ1) is 17.2. The third kappa shape index (κ3) is 6.87. The highest BCUT2D eigenvalue weighted by Gasteiger charge is 2.51. The molecular formula is C25H26O11. The fraction of sp³-hybridized carbons (Fsp3) is 0.360. The number of benzene rings is 2. The number of carbonyl (C=O) groups excluding carboxylic acids is 4. The Kier molecular flexibility index (Phi) is 9.12. The number of rotatable bonds is 7. The number of hydrogen-bond donors (Lipinski definition) is 2. The zero-order valence-corrected chi connectivity index (χ0v) is 19.5. The van der Waals surface area contributed by atoms with E-state index in [0.717, 1.165) is 13.8 Å². The number of ether oxygens (including phenoxy) is 5. The predicted molar refractivity (Wildman–Crippen MR) is 120 cm³/mol. The van der Waals surface area contributed by atoms with Crippen LogP contribution in [-0.2, 0) is 33.3 Å². The lowest BCUT2D eigenvalue weighted by Crippen LogP contribution is -2.52. The molecule has 0 spiro atoms. The van der Waals surface area contributed by atoms with Crippen molar-refractivity contribution >= 4 is 23.9 Å². The largest absolute Gasteiger partial charge is 0.463 e. The van der Waals surface area contributed by atoms with Crippen LogP contribution in [0.3, 0.4) is 0 Å². The molecule has 11 nitrogen and oxygen atoms in total. The van der Waals surface area contributed by atoms with E-state index in [4.69, 9.17) is 23.7 Å². The highest BCUT2D eigenvalue weighted by atomic mass is 16.7.